The number of aryl methyl sites for hydroxylation is 1. The second kappa shape index (κ2) is 5.87. The van der Waals surface area contributed by atoms with Gasteiger partial charge in [-0.15, -0.1) is 0 Å². The van der Waals surface area contributed by atoms with E-state index in [9.17, 15) is 4.39 Å². The summed E-state index contributed by atoms with van der Waals surface area (Å²) in [5.41, 5.74) is 2.40. The quantitative estimate of drug-likeness (QED) is 0.921. The van der Waals surface area contributed by atoms with Crippen LogP contribution < -0.4 is 5.32 Å². The number of aromatic nitrogens is 1. The Morgan fingerprint density at radius 1 is 1.26 bits per heavy atom. The summed E-state index contributed by atoms with van der Waals surface area (Å²) in [5.74, 6) is -0.286. The van der Waals surface area contributed by atoms with E-state index in [2.05, 4.69) is 10.3 Å². The molecule has 1 unspecified atom stereocenters. The van der Waals surface area contributed by atoms with Crippen molar-refractivity contribution in [2.24, 2.45) is 0 Å². The first kappa shape index (κ1) is 14.3. The van der Waals surface area contributed by atoms with Gasteiger partial charge in [0.15, 0.2) is 0 Å². The van der Waals surface area contributed by atoms with Crippen LogP contribution in [0.1, 0.15) is 22.9 Å². The minimum Gasteiger partial charge on any atom is -0.308 e. The van der Waals surface area contributed by atoms with Crippen molar-refractivity contribution < 1.29 is 4.39 Å². The second-order valence-corrected chi connectivity index (χ2v) is 5.09. The van der Waals surface area contributed by atoms with Crippen molar-refractivity contribution in [3.8, 4) is 0 Å². The average Bonchev–Trinajstić information content (AvgIpc) is 2.36. The van der Waals surface area contributed by atoms with E-state index in [4.69, 9.17) is 23.2 Å². The van der Waals surface area contributed by atoms with Crippen molar-refractivity contribution >= 4 is 23.2 Å². The first-order chi connectivity index (χ1) is 9.02. The Morgan fingerprint density at radius 2 is 2.00 bits per heavy atom. The van der Waals surface area contributed by atoms with E-state index < -0.39 is 0 Å². The van der Waals surface area contributed by atoms with Crippen LogP contribution in [0, 0.1) is 12.7 Å². The van der Waals surface area contributed by atoms with Crippen molar-refractivity contribution in [3.05, 3.63) is 63.1 Å². The predicted octanol–water partition coefficient (Wildman–Crippen LogP) is 4.14. The van der Waals surface area contributed by atoms with Crippen LogP contribution in [0.15, 0.2) is 30.5 Å². The summed E-state index contributed by atoms with van der Waals surface area (Å²) in [4.78, 5) is 4.25. The van der Waals surface area contributed by atoms with Crippen LogP contribution in [0.5, 0.6) is 0 Å². The Morgan fingerprint density at radius 3 is 2.63 bits per heavy atom. The third-order valence-corrected chi connectivity index (χ3v) is 3.46. The van der Waals surface area contributed by atoms with Crippen LogP contribution in [0.2, 0.25) is 10.0 Å². The molecule has 19 heavy (non-hydrogen) atoms. The van der Waals surface area contributed by atoms with Gasteiger partial charge in [0.05, 0.1) is 21.8 Å². The maximum Gasteiger partial charge on any atom is 0.123 e. The number of hydrogen-bond acceptors (Lipinski definition) is 2. The van der Waals surface area contributed by atoms with Gasteiger partial charge in [-0.25, -0.2) is 4.39 Å². The molecule has 0 aliphatic heterocycles. The Balaban J connectivity index is 2.52. The molecule has 0 saturated heterocycles. The lowest BCUT2D eigenvalue weighted by Crippen LogP contribution is -2.20. The molecule has 1 N–H and O–H groups in total. The topological polar surface area (TPSA) is 24.9 Å². The molecule has 2 nitrogen and oxygen atoms in total. The first-order valence-corrected chi connectivity index (χ1v) is 6.52. The standard InChI is InChI=1S/C14H13Cl2FN2/c1-8-3-4-10(17)6-11(8)13(18-2)14-12(16)5-9(15)7-19-14/h3-7,13,18H,1-2H3. The summed E-state index contributed by atoms with van der Waals surface area (Å²) in [7, 11) is 1.78. The summed E-state index contributed by atoms with van der Waals surface area (Å²) in [6.45, 7) is 1.92. The number of nitrogens with one attached hydrogen (secondary N) is 1. The van der Waals surface area contributed by atoms with Gasteiger partial charge in [0, 0.05) is 6.20 Å². The molecule has 1 atom stereocenters. The van der Waals surface area contributed by atoms with Crippen LogP contribution in [0.3, 0.4) is 0 Å². The molecular formula is C14H13Cl2FN2. The van der Waals surface area contributed by atoms with Gasteiger partial charge in [0.25, 0.3) is 0 Å². The van der Waals surface area contributed by atoms with Crippen LogP contribution in [0.25, 0.3) is 0 Å². The second-order valence-electron chi connectivity index (χ2n) is 4.24. The van der Waals surface area contributed by atoms with E-state index in [1.165, 1.54) is 18.3 Å². The average molecular weight is 299 g/mol. The molecule has 1 heterocycles. The van der Waals surface area contributed by atoms with E-state index >= 15 is 0 Å². The highest BCUT2D eigenvalue weighted by Gasteiger charge is 2.19. The number of rotatable bonds is 3. The first-order valence-electron chi connectivity index (χ1n) is 5.77. The fourth-order valence-electron chi connectivity index (χ4n) is 2.00. The van der Waals surface area contributed by atoms with Gasteiger partial charge in [-0.2, -0.15) is 0 Å². The minimum atomic E-state index is -0.286. The zero-order chi connectivity index (χ0) is 14.0. The summed E-state index contributed by atoms with van der Waals surface area (Å²) in [6.07, 6.45) is 1.53. The molecule has 0 fully saturated rings. The van der Waals surface area contributed by atoms with Gasteiger partial charge in [0.2, 0.25) is 0 Å². The van der Waals surface area contributed by atoms with Crippen molar-refractivity contribution in [2.45, 2.75) is 13.0 Å². The molecule has 100 valence electrons. The molecule has 1 aromatic heterocycles. The zero-order valence-electron chi connectivity index (χ0n) is 10.5. The van der Waals surface area contributed by atoms with E-state index in [1.54, 1.807) is 19.2 Å². The molecule has 0 amide bonds. The van der Waals surface area contributed by atoms with Crippen LogP contribution >= 0.6 is 23.2 Å². The Kier molecular flexibility index (Phi) is 4.40. The highest BCUT2D eigenvalue weighted by Crippen LogP contribution is 2.30. The molecule has 2 rings (SSSR count). The molecule has 0 aliphatic carbocycles. The monoisotopic (exact) mass is 298 g/mol. The van der Waals surface area contributed by atoms with Gasteiger partial charge in [0.1, 0.15) is 5.82 Å². The third kappa shape index (κ3) is 3.06. The van der Waals surface area contributed by atoms with Gasteiger partial charge >= 0.3 is 0 Å². The Hall–Kier alpha value is -1.16. The predicted molar refractivity (Wildman–Crippen MR) is 76.3 cm³/mol. The fraction of sp³-hybridized carbons (Fsp3) is 0.214. The summed E-state index contributed by atoms with van der Waals surface area (Å²) < 4.78 is 13.4. The smallest absolute Gasteiger partial charge is 0.123 e. The molecule has 1 aromatic carbocycles. The number of hydrogen-bond donors (Lipinski definition) is 1. The fourth-order valence-corrected chi connectivity index (χ4v) is 2.49. The van der Waals surface area contributed by atoms with Crippen LogP contribution in [-0.4, -0.2) is 12.0 Å². The summed E-state index contributed by atoms with van der Waals surface area (Å²) in [5, 5.41) is 4.03. The number of benzene rings is 1. The lowest BCUT2D eigenvalue weighted by molar-refractivity contribution is 0.612. The molecular weight excluding hydrogens is 286 g/mol. The SMILES string of the molecule is CNC(c1cc(F)ccc1C)c1ncc(Cl)cc1Cl. The normalized spacial score (nSPS) is 12.5. The highest BCUT2D eigenvalue weighted by molar-refractivity contribution is 6.34. The highest BCUT2D eigenvalue weighted by atomic mass is 35.5. The van der Waals surface area contributed by atoms with E-state index in [-0.39, 0.29) is 11.9 Å². The van der Waals surface area contributed by atoms with Gasteiger partial charge in [-0.3, -0.25) is 4.98 Å². The summed E-state index contributed by atoms with van der Waals surface area (Å²) in [6, 6.07) is 6.01. The van der Waals surface area contributed by atoms with Crippen molar-refractivity contribution in [1.82, 2.24) is 10.3 Å². The number of halogens is 3. The van der Waals surface area contributed by atoms with E-state index in [1.807, 2.05) is 6.92 Å². The Labute approximate surface area is 121 Å². The largest absolute Gasteiger partial charge is 0.308 e. The van der Waals surface area contributed by atoms with Crippen LogP contribution in [0.4, 0.5) is 4.39 Å². The lowest BCUT2D eigenvalue weighted by atomic mass is 9.98. The molecule has 2 aromatic rings. The van der Waals surface area contributed by atoms with E-state index in [0.29, 0.717) is 15.7 Å². The van der Waals surface area contributed by atoms with Gasteiger partial charge in [-0.1, -0.05) is 29.3 Å². The van der Waals surface area contributed by atoms with E-state index in [0.717, 1.165) is 11.1 Å². The summed E-state index contributed by atoms with van der Waals surface area (Å²) >= 11 is 12.0. The van der Waals surface area contributed by atoms with Crippen LogP contribution in [-0.2, 0) is 0 Å². The molecule has 5 heteroatoms. The van der Waals surface area contributed by atoms with Crippen molar-refractivity contribution in [1.29, 1.82) is 0 Å². The Bertz CT molecular complexity index is 602. The molecule has 0 radical (unpaired) electrons. The van der Waals surface area contributed by atoms with Crippen molar-refractivity contribution in [2.75, 3.05) is 7.05 Å². The molecule has 0 bridgehead atoms. The molecule has 0 aliphatic rings. The van der Waals surface area contributed by atoms with Gasteiger partial charge in [-0.05, 0) is 43.3 Å². The zero-order valence-corrected chi connectivity index (χ0v) is 12.1. The number of nitrogens with zero attached hydrogens (tertiary/aromatic N) is 1. The molecule has 0 spiro atoms. The molecule has 0 saturated carbocycles. The minimum absolute atomic E-state index is 0.277. The van der Waals surface area contributed by atoms with Gasteiger partial charge < -0.3 is 5.32 Å². The van der Waals surface area contributed by atoms with Crippen molar-refractivity contribution in [3.63, 3.8) is 0 Å². The number of pyridine rings is 1. The maximum absolute atomic E-state index is 13.4. The maximum atomic E-state index is 13.4. The third-order valence-electron chi connectivity index (χ3n) is 2.95. The lowest BCUT2D eigenvalue weighted by Gasteiger charge is -2.19.